The molecule has 0 fully saturated rings. The van der Waals surface area contributed by atoms with Gasteiger partial charge in [0.1, 0.15) is 5.82 Å². The van der Waals surface area contributed by atoms with Gasteiger partial charge in [0.2, 0.25) is 5.89 Å². The second kappa shape index (κ2) is 6.81. The Morgan fingerprint density at radius 3 is 2.95 bits per heavy atom. The molecule has 1 aromatic carbocycles. The minimum Gasteiger partial charge on any atom is -0.406 e. The van der Waals surface area contributed by atoms with Crippen molar-refractivity contribution in [2.45, 2.75) is 6.54 Å². The quantitative estimate of drug-likeness (QED) is 0.743. The van der Waals surface area contributed by atoms with E-state index in [0.717, 1.165) is 0 Å². The van der Waals surface area contributed by atoms with E-state index in [1.54, 1.807) is 25.3 Å². The molecule has 0 aliphatic rings. The first-order valence-corrected chi connectivity index (χ1v) is 5.83. The van der Waals surface area contributed by atoms with Gasteiger partial charge in [0.15, 0.2) is 0 Å². The Bertz CT molecular complexity index is 518. The Morgan fingerprint density at radius 1 is 1.32 bits per heavy atom. The van der Waals surface area contributed by atoms with Gasteiger partial charge in [-0.1, -0.05) is 17.2 Å². The number of benzene rings is 1. The lowest BCUT2D eigenvalue weighted by atomic mass is 10.3. The lowest BCUT2D eigenvalue weighted by Gasteiger charge is -2.01. The summed E-state index contributed by atoms with van der Waals surface area (Å²) < 4.78 is 23.6. The summed E-state index contributed by atoms with van der Waals surface area (Å²) in [5, 5.41) is 13.4. The maximum Gasteiger partial charge on any atom is 0.320 e. The van der Waals surface area contributed by atoms with E-state index < -0.39 is 0 Å². The summed E-state index contributed by atoms with van der Waals surface area (Å²) in [6, 6.07) is 6.44. The SMILES string of the molecule is COCCNCc1nnc(Nc2ccccc2F)o1. The van der Waals surface area contributed by atoms with E-state index in [-0.39, 0.29) is 11.8 Å². The number of hydrogen-bond acceptors (Lipinski definition) is 6. The summed E-state index contributed by atoms with van der Waals surface area (Å²) in [4.78, 5) is 0. The molecule has 1 heterocycles. The molecule has 0 atom stereocenters. The van der Waals surface area contributed by atoms with Crippen LogP contribution in [0.2, 0.25) is 0 Å². The van der Waals surface area contributed by atoms with Crippen LogP contribution in [-0.2, 0) is 11.3 Å². The van der Waals surface area contributed by atoms with Crippen molar-refractivity contribution in [2.24, 2.45) is 0 Å². The summed E-state index contributed by atoms with van der Waals surface area (Å²) in [5.41, 5.74) is 0.296. The van der Waals surface area contributed by atoms with E-state index in [1.165, 1.54) is 6.07 Å². The summed E-state index contributed by atoms with van der Waals surface area (Å²) in [6.45, 7) is 1.73. The van der Waals surface area contributed by atoms with Gasteiger partial charge in [-0.15, -0.1) is 5.10 Å². The molecule has 0 saturated carbocycles. The predicted molar refractivity (Wildman–Crippen MR) is 67.6 cm³/mol. The fourth-order valence-corrected chi connectivity index (χ4v) is 1.42. The van der Waals surface area contributed by atoms with Crippen LogP contribution < -0.4 is 10.6 Å². The van der Waals surface area contributed by atoms with Crippen molar-refractivity contribution in [2.75, 3.05) is 25.6 Å². The number of aromatic nitrogens is 2. The molecule has 7 heteroatoms. The minimum absolute atomic E-state index is 0.161. The Labute approximate surface area is 110 Å². The van der Waals surface area contributed by atoms with Crippen LogP contribution in [0.3, 0.4) is 0 Å². The van der Waals surface area contributed by atoms with E-state index in [0.29, 0.717) is 31.3 Å². The summed E-state index contributed by atoms with van der Waals surface area (Å²) >= 11 is 0. The van der Waals surface area contributed by atoms with E-state index >= 15 is 0 Å². The van der Waals surface area contributed by atoms with E-state index in [2.05, 4.69) is 20.8 Å². The molecule has 0 unspecified atom stereocenters. The number of nitrogens with zero attached hydrogens (tertiary/aromatic N) is 2. The number of methoxy groups -OCH3 is 1. The number of anilines is 2. The monoisotopic (exact) mass is 266 g/mol. The molecule has 2 N–H and O–H groups in total. The highest BCUT2D eigenvalue weighted by Crippen LogP contribution is 2.18. The standard InChI is InChI=1S/C12H15FN4O2/c1-18-7-6-14-8-11-16-17-12(19-11)15-10-5-3-2-4-9(10)13/h2-5,14H,6-8H2,1H3,(H,15,17). The van der Waals surface area contributed by atoms with Gasteiger partial charge in [0, 0.05) is 13.7 Å². The summed E-state index contributed by atoms with van der Waals surface area (Å²) in [5.74, 6) is 0.0513. The number of para-hydroxylation sites is 1. The molecule has 2 rings (SSSR count). The number of nitrogens with one attached hydrogen (secondary N) is 2. The highest BCUT2D eigenvalue weighted by molar-refractivity contribution is 5.52. The molecule has 0 radical (unpaired) electrons. The van der Waals surface area contributed by atoms with Gasteiger partial charge >= 0.3 is 6.01 Å². The molecular formula is C12H15FN4O2. The fraction of sp³-hybridized carbons (Fsp3) is 0.333. The van der Waals surface area contributed by atoms with Gasteiger partial charge in [-0.25, -0.2) is 4.39 Å². The normalized spacial score (nSPS) is 10.6. The van der Waals surface area contributed by atoms with Crippen LogP contribution in [0, 0.1) is 5.82 Å². The lowest BCUT2D eigenvalue weighted by molar-refractivity contribution is 0.198. The van der Waals surface area contributed by atoms with Crippen LogP contribution in [0.1, 0.15) is 5.89 Å². The van der Waals surface area contributed by atoms with Crippen LogP contribution in [0.4, 0.5) is 16.1 Å². The molecule has 0 amide bonds. The predicted octanol–water partition coefficient (Wildman–Crippen LogP) is 1.69. The summed E-state index contributed by atoms with van der Waals surface area (Å²) in [7, 11) is 1.63. The highest BCUT2D eigenvalue weighted by Gasteiger charge is 2.07. The minimum atomic E-state index is -0.375. The van der Waals surface area contributed by atoms with Crippen molar-refractivity contribution in [3.8, 4) is 0 Å². The Hall–Kier alpha value is -1.99. The molecule has 0 spiro atoms. The van der Waals surface area contributed by atoms with Gasteiger partial charge in [-0.3, -0.25) is 0 Å². The van der Waals surface area contributed by atoms with Crippen LogP contribution in [0.5, 0.6) is 0 Å². The Morgan fingerprint density at radius 2 is 2.16 bits per heavy atom. The first-order chi connectivity index (χ1) is 9.29. The Kier molecular flexibility index (Phi) is 4.82. The van der Waals surface area contributed by atoms with Crippen molar-refractivity contribution >= 4 is 11.7 Å². The van der Waals surface area contributed by atoms with Gasteiger partial charge in [-0.05, 0) is 12.1 Å². The number of halogens is 1. The van der Waals surface area contributed by atoms with E-state index in [1.807, 2.05) is 0 Å². The maximum atomic E-state index is 13.4. The average Bonchev–Trinajstić information content (AvgIpc) is 2.85. The maximum absolute atomic E-state index is 13.4. The zero-order valence-electron chi connectivity index (χ0n) is 10.5. The molecule has 19 heavy (non-hydrogen) atoms. The van der Waals surface area contributed by atoms with Gasteiger partial charge in [0.05, 0.1) is 18.8 Å². The number of ether oxygens (including phenoxy) is 1. The van der Waals surface area contributed by atoms with Gasteiger partial charge in [-0.2, -0.15) is 0 Å². The van der Waals surface area contributed by atoms with Gasteiger partial charge in [0.25, 0.3) is 0 Å². The van der Waals surface area contributed by atoms with Crippen LogP contribution in [-0.4, -0.2) is 30.5 Å². The molecule has 0 bridgehead atoms. The van der Waals surface area contributed by atoms with Crippen molar-refractivity contribution in [1.82, 2.24) is 15.5 Å². The fourth-order valence-electron chi connectivity index (χ4n) is 1.42. The molecule has 2 aromatic rings. The number of rotatable bonds is 7. The third-order valence-electron chi connectivity index (χ3n) is 2.34. The second-order valence-electron chi connectivity index (χ2n) is 3.78. The largest absolute Gasteiger partial charge is 0.406 e. The first-order valence-electron chi connectivity index (χ1n) is 5.83. The van der Waals surface area contributed by atoms with Crippen LogP contribution in [0.15, 0.2) is 28.7 Å². The van der Waals surface area contributed by atoms with Crippen molar-refractivity contribution < 1.29 is 13.5 Å². The zero-order chi connectivity index (χ0) is 13.5. The van der Waals surface area contributed by atoms with Crippen molar-refractivity contribution in [3.63, 3.8) is 0 Å². The smallest absolute Gasteiger partial charge is 0.320 e. The topological polar surface area (TPSA) is 72.2 Å². The highest BCUT2D eigenvalue weighted by atomic mass is 19.1. The molecule has 0 aliphatic carbocycles. The first kappa shape index (κ1) is 13.4. The molecule has 1 aromatic heterocycles. The van der Waals surface area contributed by atoms with E-state index in [4.69, 9.17) is 9.15 Å². The third-order valence-corrected chi connectivity index (χ3v) is 2.34. The van der Waals surface area contributed by atoms with Gasteiger partial charge < -0.3 is 19.8 Å². The molecule has 0 saturated heterocycles. The average molecular weight is 266 g/mol. The Balaban J connectivity index is 1.89. The lowest BCUT2D eigenvalue weighted by Crippen LogP contribution is -2.18. The second-order valence-corrected chi connectivity index (χ2v) is 3.78. The molecule has 0 aliphatic heterocycles. The van der Waals surface area contributed by atoms with Crippen molar-refractivity contribution in [3.05, 3.63) is 36.0 Å². The number of hydrogen-bond donors (Lipinski definition) is 2. The molecule has 6 nitrogen and oxygen atoms in total. The van der Waals surface area contributed by atoms with Crippen LogP contribution >= 0.6 is 0 Å². The third kappa shape index (κ3) is 4.01. The summed E-state index contributed by atoms with van der Waals surface area (Å²) in [6.07, 6.45) is 0. The van der Waals surface area contributed by atoms with E-state index in [9.17, 15) is 4.39 Å². The molecule has 102 valence electrons. The van der Waals surface area contributed by atoms with Crippen LogP contribution in [0.25, 0.3) is 0 Å². The van der Waals surface area contributed by atoms with Crippen molar-refractivity contribution in [1.29, 1.82) is 0 Å². The molecular weight excluding hydrogens is 251 g/mol. The zero-order valence-corrected chi connectivity index (χ0v) is 10.5.